The molecular formula is C19H19NO4. The summed E-state index contributed by atoms with van der Waals surface area (Å²) in [6.07, 6.45) is -0.732. The molecule has 2 unspecified atom stereocenters. The maximum absolute atomic E-state index is 11.7. The zero-order chi connectivity index (χ0) is 16.9. The van der Waals surface area contributed by atoms with E-state index in [4.69, 9.17) is 19.2 Å². The number of methoxy groups -OCH3 is 2. The van der Waals surface area contributed by atoms with Gasteiger partial charge in [0.1, 0.15) is 11.9 Å². The second-order valence-electron chi connectivity index (χ2n) is 5.41. The third-order valence-corrected chi connectivity index (χ3v) is 3.90. The van der Waals surface area contributed by atoms with E-state index in [9.17, 15) is 4.79 Å². The number of carbonyl (C=O) groups is 1. The standard InChI is InChI=1S/C19H19NO4/c1-22-15-10-8-14(9-11-15)19-20-18(13-6-4-3-5-7-13)16(24-19)12-17(21)23-2/h3-11,16,19H,12H2,1-2H3. The van der Waals surface area contributed by atoms with Gasteiger partial charge in [-0.1, -0.05) is 42.5 Å². The van der Waals surface area contributed by atoms with Crippen LogP contribution in [0.15, 0.2) is 59.6 Å². The fraction of sp³-hybridized carbons (Fsp3) is 0.263. The number of nitrogens with zero attached hydrogens (tertiary/aromatic N) is 1. The lowest BCUT2D eigenvalue weighted by atomic mass is 10.0. The van der Waals surface area contributed by atoms with Crippen molar-refractivity contribution in [3.63, 3.8) is 0 Å². The zero-order valence-corrected chi connectivity index (χ0v) is 13.6. The highest BCUT2D eigenvalue weighted by Gasteiger charge is 2.32. The van der Waals surface area contributed by atoms with Gasteiger partial charge in [0.25, 0.3) is 0 Å². The Morgan fingerprint density at radius 3 is 2.42 bits per heavy atom. The molecule has 0 aromatic heterocycles. The van der Waals surface area contributed by atoms with Crippen molar-refractivity contribution >= 4 is 11.7 Å². The first-order valence-corrected chi connectivity index (χ1v) is 7.70. The van der Waals surface area contributed by atoms with Gasteiger partial charge in [0, 0.05) is 5.56 Å². The average Bonchev–Trinajstić information content (AvgIpc) is 3.06. The molecule has 5 nitrogen and oxygen atoms in total. The van der Waals surface area contributed by atoms with E-state index in [1.807, 2.05) is 54.6 Å². The Morgan fingerprint density at radius 1 is 1.08 bits per heavy atom. The minimum Gasteiger partial charge on any atom is -0.497 e. The van der Waals surface area contributed by atoms with Crippen LogP contribution in [0.25, 0.3) is 0 Å². The van der Waals surface area contributed by atoms with Gasteiger partial charge in [0.15, 0.2) is 6.23 Å². The van der Waals surface area contributed by atoms with Gasteiger partial charge in [-0.2, -0.15) is 0 Å². The molecule has 2 atom stereocenters. The van der Waals surface area contributed by atoms with Crippen LogP contribution in [0.2, 0.25) is 0 Å². The second-order valence-corrected chi connectivity index (χ2v) is 5.41. The van der Waals surface area contributed by atoms with Crippen LogP contribution in [0, 0.1) is 0 Å². The molecular weight excluding hydrogens is 306 g/mol. The molecule has 0 spiro atoms. The first-order valence-electron chi connectivity index (χ1n) is 7.70. The number of benzene rings is 2. The van der Waals surface area contributed by atoms with E-state index < -0.39 is 12.3 Å². The van der Waals surface area contributed by atoms with Gasteiger partial charge >= 0.3 is 5.97 Å². The summed E-state index contributed by atoms with van der Waals surface area (Å²) in [7, 11) is 3.00. The summed E-state index contributed by atoms with van der Waals surface area (Å²) < 4.78 is 16.0. The van der Waals surface area contributed by atoms with Crippen LogP contribution in [0.4, 0.5) is 0 Å². The van der Waals surface area contributed by atoms with E-state index in [0.717, 1.165) is 22.6 Å². The molecule has 0 saturated heterocycles. The van der Waals surface area contributed by atoms with Crippen molar-refractivity contribution in [1.29, 1.82) is 0 Å². The minimum absolute atomic E-state index is 0.136. The van der Waals surface area contributed by atoms with E-state index in [1.165, 1.54) is 7.11 Å². The molecule has 1 aliphatic rings. The molecule has 24 heavy (non-hydrogen) atoms. The van der Waals surface area contributed by atoms with Crippen LogP contribution in [0.3, 0.4) is 0 Å². The van der Waals surface area contributed by atoms with E-state index >= 15 is 0 Å². The van der Waals surface area contributed by atoms with Crippen molar-refractivity contribution in [2.24, 2.45) is 4.99 Å². The van der Waals surface area contributed by atoms with Gasteiger partial charge in [0.05, 0.1) is 26.4 Å². The van der Waals surface area contributed by atoms with Gasteiger partial charge < -0.3 is 14.2 Å². The summed E-state index contributed by atoms with van der Waals surface area (Å²) in [6, 6.07) is 17.3. The number of ether oxygens (including phenoxy) is 3. The van der Waals surface area contributed by atoms with Crippen LogP contribution >= 0.6 is 0 Å². The molecule has 2 aromatic rings. The normalized spacial score (nSPS) is 19.7. The van der Waals surface area contributed by atoms with Crippen LogP contribution in [-0.2, 0) is 14.3 Å². The maximum Gasteiger partial charge on any atom is 0.308 e. The number of hydrogen-bond acceptors (Lipinski definition) is 5. The van der Waals surface area contributed by atoms with Crippen molar-refractivity contribution < 1.29 is 19.0 Å². The predicted octanol–water partition coefficient (Wildman–Crippen LogP) is 3.15. The highest BCUT2D eigenvalue weighted by atomic mass is 16.5. The summed E-state index contributed by atoms with van der Waals surface area (Å²) in [4.78, 5) is 16.4. The van der Waals surface area contributed by atoms with E-state index in [-0.39, 0.29) is 12.4 Å². The molecule has 0 saturated carbocycles. The molecule has 0 aliphatic carbocycles. The number of aliphatic imine (C=N–C) groups is 1. The van der Waals surface area contributed by atoms with Gasteiger partial charge in [0.2, 0.25) is 0 Å². The van der Waals surface area contributed by atoms with Crippen LogP contribution in [-0.4, -0.2) is 32.0 Å². The van der Waals surface area contributed by atoms with Crippen molar-refractivity contribution in [3.8, 4) is 5.75 Å². The smallest absolute Gasteiger partial charge is 0.308 e. The minimum atomic E-state index is -0.444. The van der Waals surface area contributed by atoms with Crippen LogP contribution in [0.1, 0.15) is 23.8 Å². The Kier molecular flexibility index (Phi) is 4.91. The molecule has 5 heteroatoms. The number of rotatable bonds is 5. The highest BCUT2D eigenvalue weighted by Crippen LogP contribution is 2.32. The lowest BCUT2D eigenvalue weighted by molar-refractivity contribution is -0.143. The van der Waals surface area contributed by atoms with Crippen molar-refractivity contribution in [2.45, 2.75) is 18.8 Å². The Balaban J connectivity index is 1.89. The molecule has 3 rings (SSSR count). The summed E-state index contributed by atoms with van der Waals surface area (Å²) >= 11 is 0. The van der Waals surface area contributed by atoms with Gasteiger partial charge in [-0.3, -0.25) is 9.79 Å². The van der Waals surface area contributed by atoms with Crippen molar-refractivity contribution in [2.75, 3.05) is 14.2 Å². The molecule has 1 heterocycles. The van der Waals surface area contributed by atoms with Gasteiger partial charge in [-0.25, -0.2) is 0 Å². The number of esters is 1. The molecule has 0 radical (unpaired) electrons. The van der Waals surface area contributed by atoms with Gasteiger partial charge in [-0.15, -0.1) is 0 Å². The first-order chi connectivity index (χ1) is 11.7. The monoisotopic (exact) mass is 325 g/mol. The SMILES string of the molecule is COC(=O)CC1OC(c2ccc(OC)cc2)N=C1c1ccccc1. The Bertz CT molecular complexity index is 725. The molecule has 1 aliphatic heterocycles. The highest BCUT2D eigenvalue weighted by molar-refractivity contribution is 6.06. The fourth-order valence-electron chi connectivity index (χ4n) is 2.63. The van der Waals surface area contributed by atoms with Crippen LogP contribution < -0.4 is 4.74 Å². The summed E-state index contributed by atoms with van der Waals surface area (Å²) in [5.41, 5.74) is 2.63. The quantitative estimate of drug-likeness (QED) is 0.793. The number of carbonyl (C=O) groups excluding carboxylic acids is 1. The molecule has 0 fully saturated rings. The second kappa shape index (κ2) is 7.27. The zero-order valence-electron chi connectivity index (χ0n) is 13.6. The van der Waals surface area contributed by atoms with Gasteiger partial charge in [-0.05, 0) is 17.7 Å². The average molecular weight is 325 g/mol. The summed E-state index contributed by atoms with van der Waals surface area (Å²) in [5, 5.41) is 0. The Morgan fingerprint density at radius 2 is 1.79 bits per heavy atom. The molecule has 2 aromatic carbocycles. The third-order valence-electron chi connectivity index (χ3n) is 3.90. The van der Waals surface area contributed by atoms with E-state index in [1.54, 1.807) is 7.11 Å². The summed E-state index contributed by atoms with van der Waals surface area (Å²) in [5.74, 6) is 0.453. The summed E-state index contributed by atoms with van der Waals surface area (Å²) in [6.45, 7) is 0. The lowest BCUT2D eigenvalue weighted by Gasteiger charge is -2.14. The molecule has 0 amide bonds. The first kappa shape index (κ1) is 16.2. The van der Waals surface area contributed by atoms with E-state index in [2.05, 4.69) is 0 Å². The number of hydrogen-bond donors (Lipinski definition) is 0. The maximum atomic E-state index is 11.7. The molecule has 0 bridgehead atoms. The van der Waals surface area contributed by atoms with Crippen molar-refractivity contribution in [3.05, 3.63) is 65.7 Å². The molecule has 0 N–H and O–H groups in total. The lowest BCUT2D eigenvalue weighted by Crippen LogP contribution is -2.24. The van der Waals surface area contributed by atoms with Crippen LogP contribution in [0.5, 0.6) is 5.75 Å². The fourth-order valence-corrected chi connectivity index (χ4v) is 2.63. The van der Waals surface area contributed by atoms with E-state index in [0.29, 0.717) is 0 Å². The van der Waals surface area contributed by atoms with Crippen molar-refractivity contribution in [1.82, 2.24) is 0 Å². The molecule has 124 valence electrons. The largest absolute Gasteiger partial charge is 0.497 e. The predicted molar refractivity (Wildman–Crippen MR) is 90.2 cm³/mol. The third kappa shape index (κ3) is 3.46. The Labute approximate surface area is 140 Å². The topological polar surface area (TPSA) is 57.1 Å². The Hall–Kier alpha value is -2.66.